The molecule has 0 amide bonds. The fraction of sp³-hybridized carbons (Fsp3) is 0.800. The molecule has 110 valence electrons. The average molecular weight is 270 g/mol. The van der Waals surface area contributed by atoms with E-state index in [1.165, 1.54) is 0 Å². The van der Waals surface area contributed by atoms with Crippen molar-refractivity contribution in [3.8, 4) is 0 Å². The van der Waals surface area contributed by atoms with Gasteiger partial charge in [0.2, 0.25) is 0 Å². The average Bonchev–Trinajstić information content (AvgIpc) is 2.34. The van der Waals surface area contributed by atoms with Gasteiger partial charge in [0.05, 0.1) is 18.3 Å². The number of carbonyl (C=O) groups is 1. The smallest absolute Gasteiger partial charge is 0.333 e. The van der Waals surface area contributed by atoms with Crippen LogP contribution in [0.5, 0.6) is 0 Å². The van der Waals surface area contributed by atoms with E-state index in [4.69, 9.17) is 9.47 Å². The molecule has 19 heavy (non-hydrogen) atoms. The molecule has 0 saturated heterocycles. The molecule has 0 bridgehead atoms. The highest BCUT2D eigenvalue weighted by Crippen LogP contribution is 2.30. The Hall–Kier alpha value is -0.870. The van der Waals surface area contributed by atoms with Gasteiger partial charge in [-0.05, 0) is 39.5 Å². The fourth-order valence-corrected chi connectivity index (χ4v) is 2.27. The van der Waals surface area contributed by atoms with Gasteiger partial charge in [-0.1, -0.05) is 19.4 Å². The summed E-state index contributed by atoms with van der Waals surface area (Å²) in [6.45, 7) is 8.01. The van der Waals surface area contributed by atoms with Crippen molar-refractivity contribution in [2.45, 2.75) is 64.1 Å². The van der Waals surface area contributed by atoms with E-state index in [2.05, 4.69) is 6.58 Å². The van der Waals surface area contributed by atoms with Crippen LogP contribution in [0.15, 0.2) is 12.2 Å². The summed E-state index contributed by atoms with van der Waals surface area (Å²) in [4.78, 5) is 11.1. The van der Waals surface area contributed by atoms with Crippen LogP contribution in [0.2, 0.25) is 0 Å². The van der Waals surface area contributed by atoms with E-state index in [0.29, 0.717) is 18.8 Å². The Bertz CT molecular complexity index is 309. The predicted molar refractivity (Wildman–Crippen MR) is 73.8 cm³/mol. The van der Waals surface area contributed by atoms with Crippen LogP contribution in [0.1, 0.15) is 52.4 Å². The molecule has 1 aliphatic carbocycles. The Balaban J connectivity index is 2.07. The standard InChI is InChI=1S/C15H26O4/c1-12(2)14(16)19-11-7-6-10-18-13-8-4-5-9-15(13,3)17/h13,17H,1,4-11H2,2-3H3/t13-,15+/m0/s1. The highest BCUT2D eigenvalue weighted by molar-refractivity contribution is 5.86. The lowest BCUT2D eigenvalue weighted by Gasteiger charge is -2.36. The first-order valence-corrected chi connectivity index (χ1v) is 7.10. The summed E-state index contributed by atoms with van der Waals surface area (Å²) in [5.74, 6) is -0.337. The second-order valence-corrected chi connectivity index (χ2v) is 5.59. The van der Waals surface area contributed by atoms with Crippen molar-refractivity contribution in [3.05, 3.63) is 12.2 Å². The largest absolute Gasteiger partial charge is 0.462 e. The second kappa shape index (κ2) is 7.65. The van der Waals surface area contributed by atoms with E-state index >= 15 is 0 Å². The van der Waals surface area contributed by atoms with Gasteiger partial charge in [0, 0.05) is 12.2 Å². The number of ether oxygens (including phenoxy) is 2. The molecule has 1 aliphatic rings. The van der Waals surface area contributed by atoms with Gasteiger partial charge < -0.3 is 14.6 Å². The van der Waals surface area contributed by atoms with Crippen LogP contribution in [0.4, 0.5) is 0 Å². The van der Waals surface area contributed by atoms with Crippen LogP contribution >= 0.6 is 0 Å². The van der Waals surface area contributed by atoms with Crippen molar-refractivity contribution in [1.29, 1.82) is 0 Å². The van der Waals surface area contributed by atoms with E-state index in [1.807, 2.05) is 6.92 Å². The van der Waals surface area contributed by atoms with Gasteiger partial charge in [0.25, 0.3) is 0 Å². The van der Waals surface area contributed by atoms with Gasteiger partial charge in [-0.15, -0.1) is 0 Å². The Morgan fingerprint density at radius 1 is 1.37 bits per heavy atom. The summed E-state index contributed by atoms with van der Waals surface area (Å²) in [6, 6.07) is 0. The van der Waals surface area contributed by atoms with Crippen molar-refractivity contribution < 1.29 is 19.4 Å². The minimum absolute atomic E-state index is 0.0563. The second-order valence-electron chi connectivity index (χ2n) is 5.59. The lowest BCUT2D eigenvalue weighted by Crippen LogP contribution is -2.43. The topological polar surface area (TPSA) is 55.8 Å². The first-order chi connectivity index (χ1) is 8.93. The maximum absolute atomic E-state index is 11.1. The molecule has 2 atom stereocenters. The summed E-state index contributed by atoms with van der Waals surface area (Å²) in [7, 11) is 0. The molecule has 0 heterocycles. The zero-order valence-corrected chi connectivity index (χ0v) is 12.1. The van der Waals surface area contributed by atoms with E-state index in [1.54, 1.807) is 6.92 Å². The molecule has 1 N–H and O–H groups in total. The van der Waals surface area contributed by atoms with Crippen molar-refractivity contribution in [2.24, 2.45) is 0 Å². The lowest BCUT2D eigenvalue weighted by atomic mass is 9.84. The molecule has 0 aliphatic heterocycles. The van der Waals surface area contributed by atoms with Crippen LogP contribution < -0.4 is 0 Å². The third kappa shape index (κ3) is 5.74. The minimum atomic E-state index is -0.690. The zero-order valence-electron chi connectivity index (χ0n) is 12.1. The minimum Gasteiger partial charge on any atom is -0.462 e. The number of aliphatic hydroxyl groups is 1. The summed E-state index contributed by atoms with van der Waals surface area (Å²) >= 11 is 0. The summed E-state index contributed by atoms with van der Waals surface area (Å²) in [5, 5.41) is 10.2. The van der Waals surface area contributed by atoms with Gasteiger partial charge in [0.1, 0.15) is 0 Å². The van der Waals surface area contributed by atoms with Crippen LogP contribution in [0.3, 0.4) is 0 Å². The van der Waals surface area contributed by atoms with Gasteiger partial charge in [-0.3, -0.25) is 0 Å². The number of hydrogen-bond acceptors (Lipinski definition) is 4. The number of hydrogen-bond donors (Lipinski definition) is 1. The number of carbonyl (C=O) groups excluding carboxylic acids is 1. The van der Waals surface area contributed by atoms with Crippen molar-refractivity contribution in [1.82, 2.24) is 0 Å². The van der Waals surface area contributed by atoms with Crippen molar-refractivity contribution in [2.75, 3.05) is 13.2 Å². The van der Waals surface area contributed by atoms with Gasteiger partial charge >= 0.3 is 5.97 Å². The fourth-order valence-electron chi connectivity index (χ4n) is 2.27. The number of rotatable bonds is 7. The highest BCUT2D eigenvalue weighted by atomic mass is 16.5. The van der Waals surface area contributed by atoms with E-state index in [-0.39, 0.29) is 12.1 Å². The molecule has 0 aromatic rings. The molecule has 1 rings (SSSR count). The van der Waals surface area contributed by atoms with Gasteiger partial charge in [0.15, 0.2) is 0 Å². The zero-order chi connectivity index (χ0) is 14.3. The molecule has 1 saturated carbocycles. The summed E-state index contributed by atoms with van der Waals surface area (Å²) in [5.41, 5.74) is -0.264. The normalized spacial score (nSPS) is 27.0. The lowest BCUT2D eigenvalue weighted by molar-refractivity contribution is -0.139. The molecular weight excluding hydrogens is 244 g/mol. The first kappa shape index (κ1) is 16.2. The molecule has 0 aromatic heterocycles. The highest BCUT2D eigenvalue weighted by Gasteiger charge is 2.34. The number of esters is 1. The maximum atomic E-state index is 11.1. The van der Waals surface area contributed by atoms with Crippen LogP contribution in [-0.2, 0) is 14.3 Å². The first-order valence-electron chi connectivity index (χ1n) is 7.10. The quantitative estimate of drug-likeness (QED) is 0.439. The summed E-state index contributed by atoms with van der Waals surface area (Å²) in [6.07, 6.45) is 5.48. The van der Waals surface area contributed by atoms with Crippen LogP contribution in [-0.4, -0.2) is 36.0 Å². The molecule has 0 spiro atoms. The maximum Gasteiger partial charge on any atom is 0.333 e. The van der Waals surface area contributed by atoms with Crippen molar-refractivity contribution >= 4 is 5.97 Å². The van der Waals surface area contributed by atoms with Crippen LogP contribution in [0, 0.1) is 0 Å². The SMILES string of the molecule is C=C(C)C(=O)OCCCCO[C@H]1CCCC[C@@]1(C)O. The Labute approximate surface area is 115 Å². The van der Waals surface area contributed by atoms with E-state index in [9.17, 15) is 9.90 Å². The number of unbranched alkanes of at least 4 members (excludes halogenated alkanes) is 1. The predicted octanol–water partition coefficient (Wildman–Crippen LogP) is 2.60. The molecule has 1 fully saturated rings. The Morgan fingerprint density at radius 2 is 2.05 bits per heavy atom. The molecule has 0 unspecified atom stereocenters. The molecule has 0 radical (unpaired) electrons. The van der Waals surface area contributed by atoms with Crippen LogP contribution in [0.25, 0.3) is 0 Å². The van der Waals surface area contributed by atoms with Crippen molar-refractivity contribution in [3.63, 3.8) is 0 Å². The summed E-state index contributed by atoms with van der Waals surface area (Å²) < 4.78 is 10.7. The third-order valence-corrected chi connectivity index (χ3v) is 3.53. The Kier molecular flexibility index (Phi) is 6.52. The molecule has 4 nitrogen and oxygen atoms in total. The van der Waals surface area contributed by atoms with E-state index in [0.717, 1.165) is 38.5 Å². The molecule has 4 heteroatoms. The Morgan fingerprint density at radius 3 is 2.68 bits per heavy atom. The van der Waals surface area contributed by atoms with Gasteiger partial charge in [-0.25, -0.2) is 4.79 Å². The van der Waals surface area contributed by atoms with Gasteiger partial charge in [-0.2, -0.15) is 0 Å². The molecular formula is C15H26O4. The molecule has 0 aromatic carbocycles. The third-order valence-electron chi connectivity index (χ3n) is 3.53. The monoisotopic (exact) mass is 270 g/mol. The van der Waals surface area contributed by atoms with E-state index < -0.39 is 5.60 Å².